The summed E-state index contributed by atoms with van der Waals surface area (Å²) >= 11 is 0. The summed E-state index contributed by atoms with van der Waals surface area (Å²) in [6.45, 7) is 2.82. The van der Waals surface area contributed by atoms with Gasteiger partial charge >= 0.3 is 6.01 Å². The van der Waals surface area contributed by atoms with Crippen molar-refractivity contribution < 1.29 is 9.84 Å². The van der Waals surface area contributed by atoms with Crippen molar-refractivity contribution in [1.82, 2.24) is 15.0 Å². The summed E-state index contributed by atoms with van der Waals surface area (Å²) in [7, 11) is 1.74. The fourth-order valence-corrected chi connectivity index (χ4v) is 2.37. The van der Waals surface area contributed by atoms with E-state index in [1.54, 1.807) is 7.05 Å². The first kappa shape index (κ1) is 14.8. The molecule has 0 bridgehead atoms. The molecular formula is C13H23N5O2. The number of anilines is 2. The molecule has 1 aliphatic rings. The van der Waals surface area contributed by atoms with Gasteiger partial charge in [-0.25, -0.2) is 0 Å². The molecule has 0 unspecified atom stereocenters. The molecule has 7 nitrogen and oxygen atoms in total. The van der Waals surface area contributed by atoms with E-state index in [0.717, 1.165) is 25.7 Å². The molecule has 1 saturated carbocycles. The maximum atomic E-state index is 10.5. The quantitative estimate of drug-likeness (QED) is 0.726. The predicted octanol–water partition coefficient (Wildman–Crippen LogP) is 1.42. The van der Waals surface area contributed by atoms with E-state index in [9.17, 15) is 5.11 Å². The second kappa shape index (κ2) is 6.69. The van der Waals surface area contributed by atoms with Crippen molar-refractivity contribution in [2.45, 2.75) is 44.6 Å². The van der Waals surface area contributed by atoms with Crippen LogP contribution in [0.25, 0.3) is 0 Å². The first-order chi connectivity index (χ1) is 9.65. The normalized spacial score (nSPS) is 17.6. The number of hydrogen-bond donors (Lipinski definition) is 3. The lowest BCUT2D eigenvalue weighted by Gasteiger charge is -2.32. The zero-order chi connectivity index (χ0) is 14.4. The van der Waals surface area contributed by atoms with E-state index in [-0.39, 0.29) is 6.01 Å². The van der Waals surface area contributed by atoms with Crippen molar-refractivity contribution >= 4 is 11.9 Å². The Kier molecular flexibility index (Phi) is 4.94. The van der Waals surface area contributed by atoms with Crippen LogP contribution in [0.5, 0.6) is 6.01 Å². The fraction of sp³-hybridized carbons (Fsp3) is 0.769. The molecule has 1 aliphatic carbocycles. The summed E-state index contributed by atoms with van der Waals surface area (Å²) in [6, 6.07) is 0.282. The number of aliphatic hydroxyl groups is 1. The van der Waals surface area contributed by atoms with Crippen LogP contribution in [0.15, 0.2) is 0 Å². The number of aromatic nitrogens is 3. The summed E-state index contributed by atoms with van der Waals surface area (Å²) in [5.74, 6) is 0.869. The highest BCUT2D eigenvalue weighted by atomic mass is 16.5. The number of ether oxygens (including phenoxy) is 1. The van der Waals surface area contributed by atoms with Crippen LogP contribution in [0.2, 0.25) is 0 Å². The molecule has 0 spiro atoms. The lowest BCUT2D eigenvalue weighted by Crippen LogP contribution is -2.39. The van der Waals surface area contributed by atoms with Crippen molar-refractivity contribution in [2.75, 3.05) is 30.8 Å². The monoisotopic (exact) mass is 281 g/mol. The molecule has 0 saturated heterocycles. The van der Waals surface area contributed by atoms with E-state index < -0.39 is 5.60 Å². The van der Waals surface area contributed by atoms with Gasteiger partial charge in [-0.1, -0.05) is 19.3 Å². The Morgan fingerprint density at radius 1 is 1.15 bits per heavy atom. The van der Waals surface area contributed by atoms with Gasteiger partial charge in [-0.15, -0.1) is 0 Å². The second-order valence-electron chi connectivity index (χ2n) is 5.09. The minimum absolute atomic E-state index is 0.282. The molecule has 0 radical (unpaired) electrons. The smallest absolute Gasteiger partial charge is 0.323 e. The molecular weight excluding hydrogens is 258 g/mol. The zero-order valence-electron chi connectivity index (χ0n) is 12.1. The Morgan fingerprint density at radius 3 is 2.50 bits per heavy atom. The molecule has 1 fully saturated rings. The van der Waals surface area contributed by atoms with Crippen molar-refractivity contribution in [1.29, 1.82) is 0 Å². The lowest BCUT2D eigenvalue weighted by molar-refractivity contribution is 0.0165. The molecule has 2 rings (SSSR count). The van der Waals surface area contributed by atoms with Crippen LogP contribution in [-0.2, 0) is 0 Å². The molecule has 1 heterocycles. The molecule has 0 atom stereocenters. The molecule has 1 aromatic heterocycles. The maximum Gasteiger partial charge on any atom is 0.323 e. The molecule has 20 heavy (non-hydrogen) atoms. The minimum Gasteiger partial charge on any atom is -0.464 e. The molecule has 0 aromatic carbocycles. The molecule has 7 heteroatoms. The largest absolute Gasteiger partial charge is 0.464 e. The highest BCUT2D eigenvalue weighted by Crippen LogP contribution is 2.28. The van der Waals surface area contributed by atoms with Gasteiger partial charge in [0.2, 0.25) is 11.9 Å². The van der Waals surface area contributed by atoms with Crippen molar-refractivity contribution in [2.24, 2.45) is 0 Å². The number of rotatable bonds is 6. The zero-order valence-corrected chi connectivity index (χ0v) is 12.1. The van der Waals surface area contributed by atoms with Gasteiger partial charge in [0.15, 0.2) is 0 Å². The topological polar surface area (TPSA) is 92.2 Å². The third kappa shape index (κ3) is 3.93. The van der Waals surface area contributed by atoms with Crippen molar-refractivity contribution in [3.05, 3.63) is 0 Å². The number of nitrogens with one attached hydrogen (secondary N) is 2. The molecule has 0 amide bonds. The van der Waals surface area contributed by atoms with E-state index in [2.05, 4.69) is 25.6 Å². The van der Waals surface area contributed by atoms with E-state index in [1.807, 2.05) is 6.92 Å². The standard InChI is InChI=1S/C13H23N5O2/c1-3-20-12-17-10(14-2)16-11(18-12)15-9-13(19)7-5-4-6-8-13/h19H,3-9H2,1-2H3,(H2,14,15,16,17,18). The van der Waals surface area contributed by atoms with E-state index in [0.29, 0.717) is 25.0 Å². The van der Waals surface area contributed by atoms with Crippen LogP contribution in [-0.4, -0.2) is 45.9 Å². The highest BCUT2D eigenvalue weighted by Gasteiger charge is 2.29. The Bertz CT molecular complexity index is 435. The summed E-state index contributed by atoms with van der Waals surface area (Å²) in [6.07, 6.45) is 4.99. The van der Waals surface area contributed by atoms with Crippen LogP contribution in [0, 0.1) is 0 Å². The van der Waals surface area contributed by atoms with Crippen LogP contribution >= 0.6 is 0 Å². The van der Waals surface area contributed by atoms with Crippen molar-refractivity contribution in [3.8, 4) is 6.01 Å². The predicted molar refractivity (Wildman–Crippen MR) is 77.1 cm³/mol. The summed E-state index contributed by atoms with van der Waals surface area (Å²) < 4.78 is 5.30. The minimum atomic E-state index is -0.656. The molecule has 3 N–H and O–H groups in total. The number of nitrogens with zero attached hydrogens (tertiary/aromatic N) is 3. The Morgan fingerprint density at radius 2 is 1.85 bits per heavy atom. The summed E-state index contributed by atoms with van der Waals surface area (Å²) in [5.41, 5.74) is -0.656. The molecule has 1 aromatic rings. The molecule has 0 aliphatic heterocycles. The van der Waals surface area contributed by atoms with Gasteiger partial charge < -0.3 is 20.5 Å². The second-order valence-corrected chi connectivity index (χ2v) is 5.09. The van der Waals surface area contributed by atoms with E-state index in [1.165, 1.54) is 6.42 Å². The third-order valence-corrected chi connectivity index (χ3v) is 3.47. The Hall–Kier alpha value is -1.63. The Balaban J connectivity index is 2.02. The SMILES string of the molecule is CCOc1nc(NC)nc(NCC2(O)CCCCC2)n1. The van der Waals surface area contributed by atoms with Gasteiger partial charge in [0.25, 0.3) is 0 Å². The Labute approximate surface area is 119 Å². The van der Waals surface area contributed by atoms with Gasteiger partial charge in [-0.2, -0.15) is 15.0 Å². The van der Waals surface area contributed by atoms with Gasteiger partial charge in [0, 0.05) is 13.6 Å². The summed E-state index contributed by atoms with van der Waals surface area (Å²) in [5, 5.41) is 16.4. The maximum absolute atomic E-state index is 10.5. The first-order valence-electron chi connectivity index (χ1n) is 7.18. The van der Waals surface area contributed by atoms with Gasteiger partial charge in [0.1, 0.15) is 0 Å². The first-order valence-corrected chi connectivity index (χ1v) is 7.18. The number of hydrogen-bond acceptors (Lipinski definition) is 7. The lowest BCUT2D eigenvalue weighted by atomic mass is 9.85. The van der Waals surface area contributed by atoms with Gasteiger partial charge in [0.05, 0.1) is 12.2 Å². The van der Waals surface area contributed by atoms with E-state index >= 15 is 0 Å². The van der Waals surface area contributed by atoms with Crippen molar-refractivity contribution in [3.63, 3.8) is 0 Å². The highest BCUT2D eigenvalue weighted by molar-refractivity contribution is 5.35. The average Bonchev–Trinajstić information content (AvgIpc) is 2.46. The van der Waals surface area contributed by atoms with Crippen LogP contribution < -0.4 is 15.4 Å². The fourth-order valence-electron chi connectivity index (χ4n) is 2.37. The van der Waals surface area contributed by atoms with Gasteiger partial charge in [-0.3, -0.25) is 0 Å². The van der Waals surface area contributed by atoms with Gasteiger partial charge in [-0.05, 0) is 19.8 Å². The van der Waals surface area contributed by atoms with Crippen LogP contribution in [0.4, 0.5) is 11.9 Å². The molecule has 112 valence electrons. The average molecular weight is 281 g/mol. The van der Waals surface area contributed by atoms with Crippen LogP contribution in [0.1, 0.15) is 39.0 Å². The summed E-state index contributed by atoms with van der Waals surface area (Å²) in [4.78, 5) is 12.5. The third-order valence-electron chi connectivity index (χ3n) is 3.47. The van der Waals surface area contributed by atoms with E-state index in [4.69, 9.17) is 4.74 Å². The van der Waals surface area contributed by atoms with Crippen LogP contribution in [0.3, 0.4) is 0 Å².